The van der Waals surface area contributed by atoms with E-state index in [2.05, 4.69) is 27.2 Å². The summed E-state index contributed by atoms with van der Waals surface area (Å²) in [5, 5.41) is 3.23. The zero-order valence-electron chi connectivity index (χ0n) is 22.5. The molecule has 0 saturated carbocycles. The number of amides is 2. The number of hydrogen-bond acceptors (Lipinski definition) is 6. The molecule has 2 amide bonds. The molecule has 2 N–H and O–H groups in total. The summed E-state index contributed by atoms with van der Waals surface area (Å²) in [7, 11) is -3.94. The number of aliphatic imine (C=N–C) groups is 1. The first-order chi connectivity index (χ1) is 19.2. The third-order valence-electron chi connectivity index (χ3n) is 6.08. The average Bonchev–Trinajstić information content (AvgIpc) is 3.28. The molecule has 1 aliphatic heterocycles. The predicted octanol–water partition coefficient (Wildman–Crippen LogP) is 5.22. The largest absolute Gasteiger partial charge is 0.300 e. The van der Waals surface area contributed by atoms with Gasteiger partial charge in [-0.2, -0.15) is 0 Å². The molecule has 7 nitrogen and oxygen atoms in total. The predicted molar refractivity (Wildman–Crippen MR) is 165 cm³/mol. The molecule has 1 fully saturated rings. The standard InChI is InChI=1S/C31H25N3O4S2.Na/c1-21-7-17-27(18-8-21)40(37,38)34-29(35)20-23-11-15-26(16-12-23)32-31-33-30(36)28(39-31)19-22-9-13-25(14-10-22)24-5-3-2-4-6-24;/h2-19H,20H2,1H3,(H,34,35)(H,32,33,36);. The number of amidine groups is 1. The van der Waals surface area contributed by atoms with E-state index in [0.717, 1.165) is 22.3 Å². The van der Waals surface area contributed by atoms with Gasteiger partial charge in [0.25, 0.3) is 15.9 Å². The van der Waals surface area contributed by atoms with Crippen LogP contribution in [0.4, 0.5) is 5.69 Å². The molecule has 4 aromatic rings. The van der Waals surface area contributed by atoms with Gasteiger partial charge >= 0.3 is 0 Å². The first-order valence-electron chi connectivity index (χ1n) is 12.4. The van der Waals surface area contributed by atoms with E-state index in [1.165, 1.54) is 23.9 Å². The first kappa shape index (κ1) is 30.5. The van der Waals surface area contributed by atoms with E-state index in [1.54, 1.807) is 36.4 Å². The number of sulfonamides is 1. The van der Waals surface area contributed by atoms with Gasteiger partial charge in [0.1, 0.15) is 0 Å². The number of carbonyl (C=O) groups excluding carboxylic acids is 2. The smallest absolute Gasteiger partial charge is 0.264 e. The Bertz CT molecular complexity index is 1720. The van der Waals surface area contributed by atoms with Gasteiger partial charge in [-0.15, -0.1) is 0 Å². The molecule has 10 heteroatoms. The minimum atomic E-state index is -3.94. The van der Waals surface area contributed by atoms with Crippen molar-refractivity contribution in [3.8, 4) is 11.1 Å². The number of nitrogens with zero attached hydrogens (tertiary/aromatic N) is 1. The summed E-state index contributed by atoms with van der Waals surface area (Å²) in [4.78, 5) is 29.9. The van der Waals surface area contributed by atoms with E-state index in [0.29, 0.717) is 21.3 Å². The van der Waals surface area contributed by atoms with Gasteiger partial charge in [0.2, 0.25) is 5.91 Å². The van der Waals surface area contributed by atoms with Crippen LogP contribution in [0.2, 0.25) is 0 Å². The third kappa shape index (κ3) is 8.06. The summed E-state index contributed by atoms with van der Waals surface area (Å²) in [5.41, 5.74) is 5.28. The van der Waals surface area contributed by atoms with Crippen LogP contribution in [-0.4, -0.2) is 55.0 Å². The van der Waals surface area contributed by atoms with Crippen LogP contribution >= 0.6 is 11.8 Å². The van der Waals surface area contributed by atoms with Gasteiger partial charge in [-0.05, 0) is 71.3 Å². The maximum absolute atomic E-state index is 12.5. The second-order valence-electron chi connectivity index (χ2n) is 9.15. The summed E-state index contributed by atoms with van der Waals surface area (Å²) in [6, 6.07) is 31.1. The summed E-state index contributed by atoms with van der Waals surface area (Å²) < 4.78 is 27.0. The summed E-state index contributed by atoms with van der Waals surface area (Å²) in [6.07, 6.45) is 1.72. The van der Waals surface area contributed by atoms with Crippen LogP contribution in [0.3, 0.4) is 0 Å². The van der Waals surface area contributed by atoms with Crippen molar-refractivity contribution in [1.82, 2.24) is 10.0 Å². The maximum atomic E-state index is 12.5. The second-order valence-corrected chi connectivity index (χ2v) is 11.9. The van der Waals surface area contributed by atoms with Gasteiger partial charge in [-0.1, -0.05) is 84.4 Å². The average molecular weight is 591 g/mol. The molecule has 0 atom stereocenters. The van der Waals surface area contributed by atoms with Gasteiger partial charge in [0.05, 0.1) is 21.9 Å². The molecule has 5 rings (SSSR count). The monoisotopic (exact) mass is 590 g/mol. The quantitative estimate of drug-likeness (QED) is 0.227. The van der Waals surface area contributed by atoms with Crippen LogP contribution in [0.25, 0.3) is 17.2 Å². The van der Waals surface area contributed by atoms with Crippen molar-refractivity contribution < 1.29 is 18.0 Å². The summed E-state index contributed by atoms with van der Waals surface area (Å²) in [5.74, 6) is -0.858. The number of carbonyl (C=O) groups is 2. The Labute approximate surface area is 265 Å². The Morgan fingerprint density at radius 2 is 1.51 bits per heavy atom. The second kappa shape index (κ2) is 13.5. The van der Waals surface area contributed by atoms with E-state index in [1.807, 2.05) is 55.5 Å². The molecule has 1 heterocycles. The Morgan fingerprint density at radius 1 is 0.878 bits per heavy atom. The SMILES string of the molecule is Cc1ccc(S(=O)(=O)NC(=O)Cc2ccc(N=C3NC(=O)C(=Cc4ccc(-c5ccccc5)cc4)S3)cc2)cc1.[Na]. The van der Waals surface area contributed by atoms with Crippen LogP contribution in [0.15, 0.2) is 118 Å². The van der Waals surface area contributed by atoms with E-state index in [-0.39, 0.29) is 46.8 Å². The van der Waals surface area contributed by atoms with Gasteiger partial charge in [-0.3, -0.25) is 9.59 Å². The van der Waals surface area contributed by atoms with Crippen molar-refractivity contribution in [2.75, 3.05) is 0 Å². The Hall–Kier alpha value is -3.47. The molecule has 0 aliphatic carbocycles. The number of hydrogen-bond donors (Lipinski definition) is 2. The number of nitrogens with one attached hydrogen (secondary N) is 2. The van der Waals surface area contributed by atoms with Crippen molar-refractivity contribution in [2.45, 2.75) is 18.2 Å². The Kier molecular flexibility index (Phi) is 10.0. The molecule has 0 aromatic heterocycles. The fraction of sp³-hybridized carbons (Fsp3) is 0.0645. The molecular weight excluding hydrogens is 565 g/mol. The van der Waals surface area contributed by atoms with Gasteiger partial charge < -0.3 is 5.32 Å². The summed E-state index contributed by atoms with van der Waals surface area (Å²) >= 11 is 1.25. The number of rotatable bonds is 7. The van der Waals surface area contributed by atoms with Crippen molar-refractivity contribution in [3.63, 3.8) is 0 Å². The number of thioether (sulfide) groups is 1. The van der Waals surface area contributed by atoms with E-state index in [9.17, 15) is 18.0 Å². The van der Waals surface area contributed by atoms with Crippen LogP contribution in [0.1, 0.15) is 16.7 Å². The zero-order chi connectivity index (χ0) is 28.1. The minimum absolute atomic E-state index is 0. The molecule has 0 bridgehead atoms. The molecule has 4 aromatic carbocycles. The molecule has 201 valence electrons. The molecule has 1 aliphatic rings. The van der Waals surface area contributed by atoms with Crippen LogP contribution < -0.4 is 10.0 Å². The minimum Gasteiger partial charge on any atom is -0.300 e. The molecule has 0 spiro atoms. The molecular formula is C31H25N3NaO4S2. The topological polar surface area (TPSA) is 105 Å². The number of aryl methyl sites for hydroxylation is 1. The molecule has 1 saturated heterocycles. The Morgan fingerprint density at radius 3 is 2.17 bits per heavy atom. The van der Waals surface area contributed by atoms with Crippen molar-refractivity contribution in [2.24, 2.45) is 4.99 Å². The Balaban J connectivity index is 0.00000387. The number of benzene rings is 4. The molecule has 1 radical (unpaired) electrons. The van der Waals surface area contributed by atoms with Crippen molar-refractivity contribution >= 4 is 80.1 Å². The fourth-order valence-electron chi connectivity index (χ4n) is 3.99. The van der Waals surface area contributed by atoms with Crippen molar-refractivity contribution in [1.29, 1.82) is 0 Å². The normalized spacial score (nSPS) is 14.9. The maximum Gasteiger partial charge on any atom is 0.264 e. The summed E-state index contributed by atoms with van der Waals surface area (Å²) in [6.45, 7) is 1.85. The van der Waals surface area contributed by atoms with Gasteiger partial charge in [0.15, 0.2) is 5.17 Å². The fourth-order valence-corrected chi connectivity index (χ4v) is 5.81. The van der Waals surface area contributed by atoms with E-state index >= 15 is 0 Å². The first-order valence-corrected chi connectivity index (χ1v) is 14.7. The van der Waals surface area contributed by atoms with E-state index < -0.39 is 15.9 Å². The van der Waals surface area contributed by atoms with Gasteiger partial charge in [-0.25, -0.2) is 18.1 Å². The van der Waals surface area contributed by atoms with Crippen LogP contribution in [0, 0.1) is 6.92 Å². The van der Waals surface area contributed by atoms with Gasteiger partial charge in [0, 0.05) is 29.6 Å². The molecule has 0 unspecified atom stereocenters. The van der Waals surface area contributed by atoms with E-state index in [4.69, 9.17) is 0 Å². The van der Waals surface area contributed by atoms with Crippen LogP contribution in [0.5, 0.6) is 0 Å². The van der Waals surface area contributed by atoms with Crippen molar-refractivity contribution in [3.05, 3.63) is 125 Å². The molecule has 41 heavy (non-hydrogen) atoms. The zero-order valence-corrected chi connectivity index (χ0v) is 26.1. The van der Waals surface area contributed by atoms with Crippen LogP contribution in [-0.2, 0) is 26.0 Å². The third-order valence-corrected chi connectivity index (χ3v) is 8.38.